The molecule has 1 aromatic rings. The van der Waals surface area contributed by atoms with Gasteiger partial charge in [0.2, 0.25) is 15.9 Å². The van der Waals surface area contributed by atoms with Crippen molar-refractivity contribution >= 4 is 21.9 Å². The summed E-state index contributed by atoms with van der Waals surface area (Å²) < 4.78 is 25.9. The van der Waals surface area contributed by atoms with Crippen molar-refractivity contribution in [1.29, 1.82) is 0 Å². The van der Waals surface area contributed by atoms with Gasteiger partial charge in [0.05, 0.1) is 17.9 Å². The van der Waals surface area contributed by atoms with Crippen LogP contribution in [0.15, 0.2) is 24.3 Å². The molecule has 0 aromatic heterocycles. The summed E-state index contributed by atoms with van der Waals surface area (Å²) in [5.74, 6) is -1.70. The summed E-state index contributed by atoms with van der Waals surface area (Å²) in [6.07, 6.45) is 0. The highest BCUT2D eigenvalue weighted by Gasteiger charge is 2.15. The van der Waals surface area contributed by atoms with Crippen molar-refractivity contribution in [3.05, 3.63) is 35.4 Å². The van der Waals surface area contributed by atoms with Crippen LogP contribution >= 0.6 is 0 Å². The quantitative estimate of drug-likeness (QED) is 0.752. The lowest BCUT2D eigenvalue weighted by atomic mass is 10.1. The number of carboxylic acid groups (broad SMARTS) is 1. The van der Waals surface area contributed by atoms with Crippen LogP contribution in [0.1, 0.15) is 22.8 Å². The van der Waals surface area contributed by atoms with E-state index >= 15 is 0 Å². The number of rotatable bonds is 7. The lowest BCUT2D eigenvalue weighted by Crippen LogP contribution is -2.38. The molecular formula is C13H18N2O5S. The molecule has 0 bridgehead atoms. The van der Waals surface area contributed by atoms with E-state index in [1.807, 2.05) is 0 Å². The van der Waals surface area contributed by atoms with Gasteiger partial charge in [-0.05, 0) is 24.6 Å². The summed E-state index contributed by atoms with van der Waals surface area (Å²) >= 11 is 0. The summed E-state index contributed by atoms with van der Waals surface area (Å²) in [4.78, 5) is 23.6. The maximum atomic E-state index is 11.8. The molecule has 0 heterocycles. The first kappa shape index (κ1) is 17.1. The molecule has 1 rings (SSSR count). The molecule has 0 aliphatic rings. The first-order valence-electron chi connectivity index (χ1n) is 6.28. The predicted octanol–water partition coefficient (Wildman–Crippen LogP) is 0.283. The molecule has 0 radical (unpaired) electrons. The summed E-state index contributed by atoms with van der Waals surface area (Å²) in [5.41, 5.74) is 0.535. The molecule has 1 amide bonds. The first-order chi connectivity index (χ1) is 9.75. The Hall–Kier alpha value is -1.93. The average Bonchev–Trinajstić information content (AvgIpc) is 2.44. The van der Waals surface area contributed by atoms with Crippen molar-refractivity contribution < 1.29 is 23.1 Å². The number of nitrogens with zero attached hydrogens (tertiary/aromatic N) is 1. The average molecular weight is 314 g/mol. The molecule has 0 unspecified atom stereocenters. The monoisotopic (exact) mass is 314 g/mol. The number of sulfonamides is 1. The Morgan fingerprint density at radius 3 is 2.29 bits per heavy atom. The van der Waals surface area contributed by atoms with Crippen LogP contribution in [0.2, 0.25) is 0 Å². The zero-order valence-corrected chi connectivity index (χ0v) is 12.7. The smallest absolute Gasteiger partial charge is 0.335 e. The molecule has 2 N–H and O–H groups in total. The highest BCUT2D eigenvalue weighted by Crippen LogP contribution is 2.08. The fraction of sp³-hybridized carbons (Fsp3) is 0.385. The molecule has 7 nitrogen and oxygen atoms in total. The molecule has 0 atom stereocenters. The fourth-order valence-electron chi connectivity index (χ4n) is 1.50. The maximum Gasteiger partial charge on any atom is 0.335 e. The third kappa shape index (κ3) is 5.52. The normalized spacial score (nSPS) is 11.1. The number of hydrogen-bond acceptors (Lipinski definition) is 4. The summed E-state index contributed by atoms with van der Waals surface area (Å²) in [7, 11) is -2.06. The van der Waals surface area contributed by atoms with Gasteiger partial charge in [-0.25, -0.2) is 17.9 Å². The SMILES string of the molecule is CCN(C)C(=O)CNS(=O)(=O)Cc1ccc(C(=O)O)cc1. The van der Waals surface area contributed by atoms with Gasteiger partial charge in [0.1, 0.15) is 0 Å². The minimum atomic E-state index is -3.65. The van der Waals surface area contributed by atoms with Gasteiger partial charge in [0.25, 0.3) is 0 Å². The third-order valence-corrected chi connectivity index (χ3v) is 4.20. The van der Waals surface area contributed by atoms with Crippen molar-refractivity contribution in [1.82, 2.24) is 9.62 Å². The number of nitrogens with one attached hydrogen (secondary N) is 1. The van der Waals surface area contributed by atoms with Crippen LogP contribution in [0.5, 0.6) is 0 Å². The highest BCUT2D eigenvalue weighted by molar-refractivity contribution is 7.88. The summed E-state index contributed by atoms with van der Waals surface area (Å²) in [6, 6.07) is 5.54. The highest BCUT2D eigenvalue weighted by atomic mass is 32.2. The van der Waals surface area contributed by atoms with Gasteiger partial charge >= 0.3 is 5.97 Å². The second-order valence-electron chi connectivity index (χ2n) is 4.49. The van der Waals surface area contributed by atoms with Crippen LogP contribution < -0.4 is 4.72 Å². The molecule has 0 fully saturated rings. The summed E-state index contributed by atoms with van der Waals surface area (Å²) in [6.45, 7) is 1.99. The molecule has 116 valence electrons. The van der Waals surface area contributed by atoms with Gasteiger partial charge in [-0.1, -0.05) is 12.1 Å². The van der Waals surface area contributed by atoms with Crippen molar-refractivity contribution in [3.63, 3.8) is 0 Å². The van der Waals surface area contributed by atoms with E-state index in [1.54, 1.807) is 14.0 Å². The van der Waals surface area contributed by atoms with Crippen LogP contribution in [-0.4, -0.2) is 50.4 Å². The van der Waals surface area contributed by atoms with Crippen LogP contribution in [0.25, 0.3) is 0 Å². The van der Waals surface area contributed by atoms with Crippen molar-refractivity contribution in [2.45, 2.75) is 12.7 Å². The Kier molecular flexibility index (Phi) is 5.86. The van der Waals surface area contributed by atoms with E-state index < -0.39 is 16.0 Å². The Morgan fingerprint density at radius 1 is 1.24 bits per heavy atom. The van der Waals surface area contributed by atoms with Crippen LogP contribution in [-0.2, 0) is 20.6 Å². The van der Waals surface area contributed by atoms with E-state index in [0.717, 1.165) is 0 Å². The van der Waals surface area contributed by atoms with Crippen molar-refractivity contribution in [2.24, 2.45) is 0 Å². The van der Waals surface area contributed by atoms with Crippen LogP contribution in [0, 0.1) is 0 Å². The predicted molar refractivity (Wildman–Crippen MR) is 77.3 cm³/mol. The Morgan fingerprint density at radius 2 is 1.81 bits per heavy atom. The number of benzene rings is 1. The number of carbonyl (C=O) groups excluding carboxylic acids is 1. The molecule has 0 aliphatic heterocycles. The number of carboxylic acids is 1. The first-order valence-corrected chi connectivity index (χ1v) is 7.94. The zero-order chi connectivity index (χ0) is 16.0. The molecular weight excluding hydrogens is 296 g/mol. The number of aromatic carboxylic acids is 1. The fourth-order valence-corrected chi connectivity index (χ4v) is 2.57. The molecule has 21 heavy (non-hydrogen) atoms. The van der Waals surface area contributed by atoms with E-state index in [-0.39, 0.29) is 23.8 Å². The van der Waals surface area contributed by atoms with Gasteiger partial charge in [0.15, 0.2) is 0 Å². The van der Waals surface area contributed by atoms with Crippen LogP contribution in [0.3, 0.4) is 0 Å². The van der Waals surface area contributed by atoms with E-state index in [4.69, 9.17) is 5.11 Å². The van der Waals surface area contributed by atoms with E-state index in [0.29, 0.717) is 12.1 Å². The largest absolute Gasteiger partial charge is 0.478 e. The van der Waals surface area contributed by atoms with Gasteiger partial charge in [-0.3, -0.25) is 4.79 Å². The lowest BCUT2D eigenvalue weighted by molar-refractivity contribution is -0.128. The standard InChI is InChI=1S/C13H18N2O5S/c1-3-15(2)12(16)8-14-21(19,20)9-10-4-6-11(7-5-10)13(17)18/h4-7,14H,3,8-9H2,1-2H3,(H,17,18). The number of likely N-dealkylation sites (N-methyl/N-ethyl adjacent to an activating group) is 1. The lowest BCUT2D eigenvalue weighted by Gasteiger charge is -2.14. The van der Waals surface area contributed by atoms with Crippen molar-refractivity contribution in [3.8, 4) is 0 Å². The number of amides is 1. The number of hydrogen-bond donors (Lipinski definition) is 2. The Bertz CT molecular complexity index is 610. The molecule has 0 saturated heterocycles. The van der Waals surface area contributed by atoms with E-state index in [1.165, 1.54) is 29.2 Å². The van der Waals surface area contributed by atoms with Gasteiger partial charge in [-0.15, -0.1) is 0 Å². The van der Waals surface area contributed by atoms with E-state index in [2.05, 4.69) is 4.72 Å². The Labute approximate surface area is 123 Å². The molecule has 0 saturated carbocycles. The molecule has 0 aliphatic carbocycles. The minimum Gasteiger partial charge on any atom is -0.478 e. The zero-order valence-electron chi connectivity index (χ0n) is 11.9. The maximum absolute atomic E-state index is 11.8. The van der Waals surface area contributed by atoms with Crippen molar-refractivity contribution in [2.75, 3.05) is 20.1 Å². The minimum absolute atomic E-state index is 0.0869. The second-order valence-corrected chi connectivity index (χ2v) is 6.30. The number of carbonyl (C=O) groups is 2. The second kappa shape index (κ2) is 7.19. The van der Waals surface area contributed by atoms with E-state index in [9.17, 15) is 18.0 Å². The molecule has 1 aromatic carbocycles. The summed E-state index contributed by atoms with van der Waals surface area (Å²) in [5, 5.41) is 8.76. The van der Waals surface area contributed by atoms with Gasteiger partial charge in [-0.2, -0.15) is 0 Å². The van der Waals surface area contributed by atoms with Crippen LogP contribution in [0.4, 0.5) is 0 Å². The topological polar surface area (TPSA) is 104 Å². The Balaban J connectivity index is 2.64. The third-order valence-electron chi connectivity index (χ3n) is 2.90. The van der Waals surface area contributed by atoms with Gasteiger partial charge < -0.3 is 10.0 Å². The molecule has 0 spiro atoms. The van der Waals surface area contributed by atoms with Gasteiger partial charge in [0, 0.05) is 13.6 Å². The molecule has 8 heteroatoms.